The van der Waals surface area contributed by atoms with E-state index < -0.39 is 5.54 Å². The van der Waals surface area contributed by atoms with Gasteiger partial charge in [-0.1, -0.05) is 0 Å². The van der Waals surface area contributed by atoms with E-state index in [1.54, 1.807) is 13.8 Å². The van der Waals surface area contributed by atoms with E-state index >= 15 is 0 Å². The molecule has 1 fully saturated rings. The Hall–Kier alpha value is -0.570. The molecule has 0 aliphatic carbocycles. The summed E-state index contributed by atoms with van der Waals surface area (Å²) in [7, 11) is 0. The fraction of sp³-hybridized carbons (Fsp3) is 0.714. The summed E-state index contributed by atoms with van der Waals surface area (Å²) in [6.07, 6.45) is -0.000278. The van der Waals surface area contributed by atoms with Crippen molar-refractivity contribution in [1.29, 1.82) is 0 Å². The number of alkyl halides is 1. The van der Waals surface area contributed by atoms with Gasteiger partial charge in [-0.05, 0) is 13.8 Å². The van der Waals surface area contributed by atoms with Gasteiger partial charge < -0.3 is 4.90 Å². The molecule has 0 unspecified atom stereocenters. The molecule has 0 aromatic carbocycles. The van der Waals surface area contributed by atoms with Crippen LogP contribution >= 0.6 is 11.6 Å². The lowest BCUT2D eigenvalue weighted by Gasteiger charge is -2.27. The molecule has 1 aliphatic heterocycles. The molecule has 0 radical (unpaired) electrons. The number of ketones is 1. The van der Waals surface area contributed by atoms with Crippen molar-refractivity contribution in [3.63, 3.8) is 0 Å². The zero-order valence-electron chi connectivity index (χ0n) is 6.56. The predicted octanol–water partition coefficient (Wildman–Crippen LogP) is 0.763. The molecule has 11 heavy (non-hydrogen) atoms. The van der Waals surface area contributed by atoms with Crippen LogP contribution in [0.4, 0.5) is 0 Å². The highest BCUT2D eigenvalue weighted by molar-refractivity contribution is 6.20. The maximum Gasteiger partial charge on any atom is 0.231 e. The van der Waals surface area contributed by atoms with Crippen molar-refractivity contribution in [2.45, 2.75) is 25.8 Å². The van der Waals surface area contributed by atoms with E-state index in [1.165, 1.54) is 4.90 Å². The fourth-order valence-corrected chi connectivity index (χ4v) is 1.56. The largest absolute Gasteiger partial charge is 0.316 e. The fourth-order valence-electron chi connectivity index (χ4n) is 1.13. The Balaban J connectivity index is 2.93. The minimum atomic E-state index is -0.696. The minimum Gasteiger partial charge on any atom is -0.316 e. The SMILES string of the molecule is CC1(C)C(=O)CC(=O)N1CCl. The van der Waals surface area contributed by atoms with Crippen molar-refractivity contribution in [3.8, 4) is 0 Å². The highest BCUT2D eigenvalue weighted by Crippen LogP contribution is 2.25. The van der Waals surface area contributed by atoms with Crippen LogP contribution in [0.5, 0.6) is 0 Å². The normalized spacial score (nSPS) is 23.0. The second kappa shape index (κ2) is 2.48. The first kappa shape index (κ1) is 8.53. The highest BCUT2D eigenvalue weighted by atomic mass is 35.5. The van der Waals surface area contributed by atoms with E-state index in [0.29, 0.717) is 0 Å². The summed E-state index contributed by atoms with van der Waals surface area (Å²) in [6.45, 7) is 3.42. The first-order valence-corrected chi connectivity index (χ1v) is 3.93. The summed E-state index contributed by atoms with van der Waals surface area (Å²) < 4.78 is 0. The first-order valence-electron chi connectivity index (χ1n) is 3.40. The van der Waals surface area contributed by atoms with Crippen LogP contribution in [0, 0.1) is 0 Å². The number of nitrogens with zero attached hydrogens (tertiary/aromatic N) is 1. The Morgan fingerprint density at radius 3 is 2.27 bits per heavy atom. The van der Waals surface area contributed by atoms with Gasteiger partial charge in [0.2, 0.25) is 5.91 Å². The van der Waals surface area contributed by atoms with Crippen molar-refractivity contribution in [2.24, 2.45) is 0 Å². The second-order valence-electron chi connectivity index (χ2n) is 3.10. The number of amides is 1. The summed E-state index contributed by atoms with van der Waals surface area (Å²) in [6, 6.07) is 0.0948. The number of carbonyl (C=O) groups is 2. The number of likely N-dealkylation sites (tertiary alicyclic amines) is 1. The van der Waals surface area contributed by atoms with Crippen molar-refractivity contribution >= 4 is 23.3 Å². The van der Waals surface area contributed by atoms with Crippen molar-refractivity contribution in [1.82, 2.24) is 4.90 Å². The zero-order valence-corrected chi connectivity index (χ0v) is 7.31. The molecule has 0 spiro atoms. The van der Waals surface area contributed by atoms with Crippen LogP contribution < -0.4 is 0 Å². The lowest BCUT2D eigenvalue weighted by Crippen LogP contribution is -2.43. The number of carbonyl (C=O) groups excluding carboxylic acids is 2. The molecule has 62 valence electrons. The van der Waals surface area contributed by atoms with Gasteiger partial charge in [-0.2, -0.15) is 0 Å². The van der Waals surface area contributed by atoms with Crippen LogP contribution in [-0.4, -0.2) is 28.1 Å². The van der Waals surface area contributed by atoms with Crippen molar-refractivity contribution < 1.29 is 9.59 Å². The third-order valence-electron chi connectivity index (χ3n) is 2.09. The van der Waals surface area contributed by atoms with Gasteiger partial charge in [-0.15, -0.1) is 11.6 Å². The molecular weight excluding hydrogens is 166 g/mol. The van der Waals surface area contributed by atoms with E-state index in [4.69, 9.17) is 11.6 Å². The van der Waals surface area contributed by atoms with Crippen LogP contribution in [0.3, 0.4) is 0 Å². The van der Waals surface area contributed by atoms with Gasteiger partial charge in [0, 0.05) is 0 Å². The molecule has 3 nitrogen and oxygen atoms in total. The molecule has 0 aromatic heterocycles. The van der Waals surface area contributed by atoms with Crippen LogP contribution in [0.15, 0.2) is 0 Å². The molecule has 1 amide bonds. The first-order chi connectivity index (χ1) is 5.00. The average molecular weight is 176 g/mol. The molecule has 1 heterocycles. The van der Waals surface area contributed by atoms with Crippen LogP contribution in [0.1, 0.15) is 20.3 Å². The predicted molar refractivity (Wildman–Crippen MR) is 41.3 cm³/mol. The van der Waals surface area contributed by atoms with Gasteiger partial charge in [-0.3, -0.25) is 9.59 Å². The molecule has 0 aromatic rings. The molecule has 0 N–H and O–H groups in total. The molecular formula is C7H10ClNO2. The van der Waals surface area contributed by atoms with Gasteiger partial charge in [0.1, 0.15) is 0 Å². The van der Waals surface area contributed by atoms with Crippen LogP contribution in [-0.2, 0) is 9.59 Å². The lowest BCUT2D eigenvalue weighted by molar-refractivity contribution is -0.130. The quantitative estimate of drug-likeness (QED) is 0.335. The number of rotatable bonds is 1. The molecule has 1 aliphatic rings. The average Bonchev–Trinajstić information content (AvgIpc) is 2.04. The number of halogens is 1. The van der Waals surface area contributed by atoms with Crippen LogP contribution in [0.25, 0.3) is 0 Å². The lowest BCUT2D eigenvalue weighted by atomic mass is 10.0. The summed E-state index contributed by atoms with van der Waals surface area (Å²) in [5.41, 5.74) is -0.696. The third-order valence-corrected chi connectivity index (χ3v) is 2.33. The number of Topliss-reactive ketones (excluding diaryl/α,β-unsaturated/α-hetero) is 1. The Kier molecular flexibility index (Phi) is 1.92. The van der Waals surface area contributed by atoms with Crippen LogP contribution in [0.2, 0.25) is 0 Å². The van der Waals surface area contributed by atoms with E-state index in [2.05, 4.69) is 0 Å². The van der Waals surface area contributed by atoms with Gasteiger partial charge >= 0.3 is 0 Å². The van der Waals surface area contributed by atoms with E-state index in [0.717, 1.165) is 0 Å². The molecule has 4 heteroatoms. The third kappa shape index (κ3) is 1.13. The monoisotopic (exact) mass is 175 g/mol. The second-order valence-corrected chi connectivity index (χ2v) is 3.34. The standard InChI is InChI=1S/C7H10ClNO2/c1-7(2)5(10)3-6(11)9(7)4-8/h3-4H2,1-2H3. The summed E-state index contributed by atoms with van der Waals surface area (Å²) >= 11 is 5.51. The smallest absolute Gasteiger partial charge is 0.231 e. The highest BCUT2D eigenvalue weighted by Gasteiger charge is 2.44. The Morgan fingerprint density at radius 2 is 2.09 bits per heavy atom. The topological polar surface area (TPSA) is 37.4 Å². The van der Waals surface area contributed by atoms with Gasteiger partial charge in [0.25, 0.3) is 0 Å². The Labute approximate surface area is 70.3 Å². The minimum absolute atomic E-state index is 0.000278. The molecule has 1 rings (SSSR count). The van der Waals surface area contributed by atoms with E-state index in [-0.39, 0.29) is 24.1 Å². The molecule has 0 atom stereocenters. The summed E-state index contributed by atoms with van der Waals surface area (Å²) in [4.78, 5) is 23.6. The molecule has 0 saturated carbocycles. The van der Waals surface area contributed by atoms with Crippen molar-refractivity contribution in [3.05, 3.63) is 0 Å². The maximum atomic E-state index is 11.2. The van der Waals surface area contributed by atoms with Gasteiger partial charge in [0.15, 0.2) is 5.78 Å². The number of hydrogen-bond acceptors (Lipinski definition) is 2. The van der Waals surface area contributed by atoms with E-state index in [9.17, 15) is 9.59 Å². The summed E-state index contributed by atoms with van der Waals surface area (Å²) in [5, 5.41) is 0. The molecule has 0 bridgehead atoms. The zero-order chi connectivity index (χ0) is 8.65. The summed E-state index contributed by atoms with van der Waals surface area (Å²) in [5.74, 6) is -0.224. The molecule has 1 saturated heterocycles. The van der Waals surface area contributed by atoms with Gasteiger partial charge in [0.05, 0.1) is 18.0 Å². The Morgan fingerprint density at radius 1 is 1.55 bits per heavy atom. The van der Waals surface area contributed by atoms with E-state index in [1.807, 2.05) is 0 Å². The maximum absolute atomic E-state index is 11.2. The van der Waals surface area contributed by atoms with Crippen molar-refractivity contribution in [2.75, 3.05) is 6.00 Å². The van der Waals surface area contributed by atoms with Gasteiger partial charge in [-0.25, -0.2) is 0 Å². The number of hydrogen-bond donors (Lipinski definition) is 0. The Bertz CT molecular complexity index is 212.